The first-order valence-electron chi connectivity index (χ1n) is 11.6. The Hall–Kier alpha value is -4.58. The number of ether oxygens (including phenoxy) is 2. The van der Waals surface area contributed by atoms with Crippen LogP contribution in [0.15, 0.2) is 109 Å². The first-order valence-corrected chi connectivity index (χ1v) is 11.6. The first kappa shape index (κ1) is 24.1. The number of carbonyl (C=O) groups is 1. The van der Waals surface area contributed by atoms with Gasteiger partial charge in [0.2, 0.25) is 0 Å². The summed E-state index contributed by atoms with van der Waals surface area (Å²) in [4.78, 5) is 11.0. The highest BCUT2D eigenvalue weighted by Crippen LogP contribution is 2.47. The van der Waals surface area contributed by atoms with Crippen molar-refractivity contribution >= 4 is 17.1 Å². The molecule has 0 radical (unpaired) electrons. The summed E-state index contributed by atoms with van der Waals surface area (Å²) in [6.07, 6.45) is -3.93. The highest BCUT2D eigenvalue weighted by molar-refractivity contribution is 5.97. The van der Waals surface area contributed by atoms with Gasteiger partial charge in [-0.15, -0.1) is 0 Å². The zero-order valence-corrected chi connectivity index (χ0v) is 19.5. The summed E-state index contributed by atoms with van der Waals surface area (Å²) in [5.74, 6) is 0.940. The molecule has 0 fully saturated rings. The zero-order valence-electron chi connectivity index (χ0n) is 19.5. The molecule has 0 aliphatic heterocycles. The Balaban J connectivity index is 1.60. The number of carbonyl (C=O) groups excluding carboxylic acids is 1. The lowest BCUT2D eigenvalue weighted by Gasteiger charge is -2.20. The second-order valence-corrected chi connectivity index (χ2v) is 8.43. The van der Waals surface area contributed by atoms with Gasteiger partial charge in [0.05, 0.1) is 5.56 Å². The monoisotopic (exact) mass is 498 g/mol. The maximum absolute atomic E-state index is 14.3. The zero-order chi connectivity index (χ0) is 25.8. The second-order valence-electron chi connectivity index (χ2n) is 8.43. The molecule has 0 bridgehead atoms. The number of aldehydes is 1. The largest absolute Gasteiger partial charge is 0.489 e. The van der Waals surface area contributed by atoms with Gasteiger partial charge in [-0.2, -0.15) is 13.2 Å². The van der Waals surface area contributed by atoms with E-state index in [1.807, 2.05) is 30.3 Å². The average molecular weight is 499 g/mol. The third kappa shape index (κ3) is 5.33. The normalized spacial score (nSPS) is 11.3. The van der Waals surface area contributed by atoms with Crippen LogP contribution in [0, 0.1) is 0 Å². The standard InChI is InChI=1S/C31H21F3O3/c32-31(33,34)28-18-24-8-4-5-9-27(24)30(37-26-14-10-21(19-35)11-15-26)29(28)23-12-16-25(17-13-23)36-20-22-6-2-1-3-7-22/h1-19H,20H2. The van der Waals surface area contributed by atoms with Gasteiger partial charge in [0.1, 0.15) is 30.1 Å². The molecule has 0 spiro atoms. The molecule has 5 aromatic carbocycles. The molecular formula is C31H21F3O3. The van der Waals surface area contributed by atoms with Crippen molar-refractivity contribution in [3.05, 3.63) is 126 Å². The van der Waals surface area contributed by atoms with Gasteiger partial charge in [-0.3, -0.25) is 4.79 Å². The summed E-state index contributed by atoms with van der Waals surface area (Å²) >= 11 is 0. The van der Waals surface area contributed by atoms with Gasteiger partial charge in [-0.25, -0.2) is 0 Å². The molecule has 184 valence electrons. The van der Waals surface area contributed by atoms with Crippen molar-refractivity contribution in [1.29, 1.82) is 0 Å². The number of alkyl halides is 3. The lowest BCUT2D eigenvalue weighted by molar-refractivity contribution is -0.137. The van der Waals surface area contributed by atoms with Crippen molar-refractivity contribution in [2.45, 2.75) is 12.8 Å². The van der Waals surface area contributed by atoms with Crippen LogP contribution >= 0.6 is 0 Å². The van der Waals surface area contributed by atoms with E-state index < -0.39 is 11.7 Å². The van der Waals surface area contributed by atoms with Gasteiger partial charge in [0.25, 0.3) is 0 Å². The van der Waals surface area contributed by atoms with Crippen molar-refractivity contribution in [1.82, 2.24) is 0 Å². The Morgan fingerprint density at radius 1 is 0.730 bits per heavy atom. The fourth-order valence-electron chi connectivity index (χ4n) is 4.12. The number of hydrogen-bond donors (Lipinski definition) is 0. The van der Waals surface area contributed by atoms with Crippen LogP contribution in [0.3, 0.4) is 0 Å². The van der Waals surface area contributed by atoms with Crippen molar-refractivity contribution in [2.24, 2.45) is 0 Å². The highest BCUT2D eigenvalue weighted by Gasteiger charge is 2.36. The second kappa shape index (κ2) is 10.2. The number of rotatable bonds is 7. The minimum atomic E-state index is -4.62. The van der Waals surface area contributed by atoms with Crippen LogP contribution in [-0.4, -0.2) is 6.29 Å². The quantitative estimate of drug-likeness (QED) is 0.211. The van der Waals surface area contributed by atoms with Gasteiger partial charge in [0, 0.05) is 16.5 Å². The van der Waals surface area contributed by atoms with Gasteiger partial charge in [0.15, 0.2) is 0 Å². The highest BCUT2D eigenvalue weighted by atomic mass is 19.4. The minimum Gasteiger partial charge on any atom is -0.489 e. The summed E-state index contributed by atoms with van der Waals surface area (Å²) in [7, 11) is 0. The van der Waals surface area contributed by atoms with Crippen molar-refractivity contribution in [2.75, 3.05) is 0 Å². The topological polar surface area (TPSA) is 35.5 Å². The Morgan fingerprint density at radius 3 is 2.05 bits per heavy atom. The number of halogens is 3. The van der Waals surface area contributed by atoms with E-state index in [1.165, 1.54) is 0 Å². The predicted molar refractivity (Wildman–Crippen MR) is 137 cm³/mol. The Bertz CT molecular complexity index is 1530. The molecule has 0 saturated carbocycles. The van der Waals surface area contributed by atoms with E-state index >= 15 is 0 Å². The Kier molecular flexibility index (Phi) is 6.64. The minimum absolute atomic E-state index is 0.0692. The SMILES string of the molecule is O=Cc1ccc(Oc2c(-c3ccc(OCc4ccccc4)cc3)c(C(F)(F)F)cc3ccccc23)cc1. The van der Waals surface area contributed by atoms with E-state index in [0.717, 1.165) is 11.6 Å². The molecule has 0 aliphatic carbocycles. The van der Waals surface area contributed by atoms with E-state index in [9.17, 15) is 18.0 Å². The maximum Gasteiger partial charge on any atom is 0.417 e. The number of fused-ring (bicyclic) bond motifs is 1. The molecule has 37 heavy (non-hydrogen) atoms. The van der Waals surface area contributed by atoms with Crippen LogP contribution in [0.1, 0.15) is 21.5 Å². The van der Waals surface area contributed by atoms with Gasteiger partial charge >= 0.3 is 6.18 Å². The third-order valence-corrected chi connectivity index (χ3v) is 5.93. The van der Waals surface area contributed by atoms with Crippen LogP contribution in [0.5, 0.6) is 17.2 Å². The van der Waals surface area contributed by atoms with E-state index in [2.05, 4.69) is 0 Å². The van der Waals surface area contributed by atoms with Crippen LogP contribution < -0.4 is 9.47 Å². The van der Waals surface area contributed by atoms with Crippen LogP contribution in [0.2, 0.25) is 0 Å². The van der Waals surface area contributed by atoms with E-state index in [4.69, 9.17) is 9.47 Å². The first-order chi connectivity index (χ1) is 17.9. The molecule has 0 unspecified atom stereocenters. The van der Waals surface area contributed by atoms with E-state index in [-0.39, 0.29) is 11.3 Å². The summed E-state index contributed by atoms with van der Waals surface area (Å²) in [6.45, 7) is 0.342. The molecule has 6 heteroatoms. The molecule has 0 heterocycles. The molecule has 0 aromatic heterocycles. The molecule has 0 aliphatic rings. The molecule has 0 N–H and O–H groups in total. The predicted octanol–water partition coefficient (Wildman–Crippen LogP) is 8.71. The van der Waals surface area contributed by atoms with Crippen molar-refractivity contribution in [3.63, 3.8) is 0 Å². The summed E-state index contributed by atoms with van der Waals surface area (Å²) in [5.41, 5.74) is 0.887. The van der Waals surface area contributed by atoms with Gasteiger partial charge in [-0.1, -0.05) is 66.7 Å². The molecular weight excluding hydrogens is 477 g/mol. The van der Waals surface area contributed by atoms with Crippen LogP contribution in [0.25, 0.3) is 21.9 Å². The smallest absolute Gasteiger partial charge is 0.417 e. The molecule has 0 atom stereocenters. The summed E-state index contributed by atoms with van der Waals surface area (Å²) < 4.78 is 55.0. The van der Waals surface area contributed by atoms with Gasteiger partial charge in [-0.05, 0) is 59.0 Å². The average Bonchev–Trinajstić information content (AvgIpc) is 2.92. The fourth-order valence-corrected chi connectivity index (χ4v) is 4.12. The molecule has 5 rings (SSSR count). The summed E-state index contributed by atoms with van der Waals surface area (Å²) in [6, 6.07) is 30.3. The van der Waals surface area contributed by atoms with Crippen molar-refractivity contribution in [3.8, 4) is 28.4 Å². The number of hydrogen-bond acceptors (Lipinski definition) is 3. The van der Waals surface area contributed by atoms with Crippen LogP contribution in [-0.2, 0) is 12.8 Å². The lowest BCUT2D eigenvalue weighted by atomic mass is 9.93. The summed E-state index contributed by atoms with van der Waals surface area (Å²) in [5, 5.41) is 0.940. The molecule has 5 aromatic rings. The molecule has 3 nitrogen and oxygen atoms in total. The van der Waals surface area contributed by atoms with Crippen LogP contribution in [0.4, 0.5) is 13.2 Å². The maximum atomic E-state index is 14.3. The Morgan fingerprint density at radius 2 is 1.38 bits per heavy atom. The van der Waals surface area contributed by atoms with Gasteiger partial charge < -0.3 is 9.47 Å². The third-order valence-electron chi connectivity index (χ3n) is 5.93. The Labute approximate surface area is 211 Å². The molecule has 0 amide bonds. The van der Waals surface area contributed by atoms with Crippen molar-refractivity contribution < 1.29 is 27.4 Å². The number of benzene rings is 5. The van der Waals surface area contributed by atoms with E-state index in [0.29, 0.717) is 46.3 Å². The lowest BCUT2D eigenvalue weighted by Crippen LogP contribution is -2.09. The van der Waals surface area contributed by atoms with E-state index in [1.54, 1.807) is 72.8 Å². The fraction of sp³-hybridized carbons (Fsp3) is 0.0645. The molecule has 0 saturated heterocycles.